The highest BCUT2D eigenvalue weighted by atomic mass is 16.3. The zero-order chi connectivity index (χ0) is 16.8. The Labute approximate surface area is 141 Å². The number of aromatic hydroxyl groups is 1. The van der Waals surface area contributed by atoms with Crippen LogP contribution in [0.1, 0.15) is 0 Å². The van der Waals surface area contributed by atoms with Gasteiger partial charge < -0.3 is 10.1 Å². The van der Waals surface area contributed by atoms with E-state index in [2.05, 4.69) is 30.1 Å². The van der Waals surface area contributed by atoms with Gasteiger partial charge in [-0.3, -0.25) is 20.1 Å². The minimum atomic E-state index is 0.105. The van der Waals surface area contributed by atoms with Crippen LogP contribution in [0.15, 0.2) is 55.1 Å². The number of H-pyrrole nitrogens is 2. The Morgan fingerprint density at radius 3 is 2.80 bits per heavy atom. The van der Waals surface area contributed by atoms with Gasteiger partial charge in [0.05, 0.1) is 40.3 Å². The van der Waals surface area contributed by atoms with Gasteiger partial charge in [-0.2, -0.15) is 5.10 Å². The summed E-state index contributed by atoms with van der Waals surface area (Å²) >= 11 is 0. The summed E-state index contributed by atoms with van der Waals surface area (Å²) < 4.78 is 0. The van der Waals surface area contributed by atoms with Crippen molar-refractivity contribution in [3.05, 3.63) is 55.1 Å². The molecule has 0 saturated carbocycles. The van der Waals surface area contributed by atoms with E-state index in [4.69, 9.17) is 0 Å². The van der Waals surface area contributed by atoms with Gasteiger partial charge in [-0.1, -0.05) is 0 Å². The van der Waals surface area contributed by atoms with Crippen LogP contribution in [0.4, 0.5) is 0 Å². The number of fused-ring (bicyclic) bond motifs is 2. The van der Waals surface area contributed by atoms with Crippen LogP contribution in [0.3, 0.4) is 0 Å². The van der Waals surface area contributed by atoms with Gasteiger partial charge in [0.2, 0.25) is 0 Å². The molecule has 7 nitrogen and oxygen atoms in total. The predicted octanol–water partition coefficient (Wildman–Crippen LogP) is 3.27. The molecule has 7 heteroatoms. The molecule has 0 radical (unpaired) electrons. The topological polar surface area (TPSA) is 103 Å². The molecule has 0 aromatic carbocycles. The van der Waals surface area contributed by atoms with Gasteiger partial charge in [0.15, 0.2) is 0 Å². The number of nitrogens with zero attached hydrogens (tertiary/aromatic N) is 4. The van der Waals surface area contributed by atoms with E-state index in [-0.39, 0.29) is 5.75 Å². The van der Waals surface area contributed by atoms with Crippen molar-refractivity contribution in [1.29, 1.82) is 0 Å². The van der Waals surface area contributed by atoms with E-state index in [0.29, 0.717) is 5.69 Å². The molecule has 0 fully saturated rings. The van der Waals surface area contributed by atoms with Crippen molar-refractivity contribution < 1.29 is 5.11 Å². The number of aromatic amines is 2. The van der Waals surface area contributed by atoms with E-state index in [1.165, 1.54) is 6.20 Å². The van der Waals surface area contributed by atoms with E-state index in [9.17, 15) is 5.11 Å². The highest BCUT2D eigenvalue weighted by molar-refractivity contribution is 5.96. The Bertz CT molecular complexity index is 1190. The molecule has 0 saturated heterocycles. The van der Waals surface area contributed by atoms with Crippen LogP contribution in [0, 0.1) is 0 Å². The second-order valence-corrected chi connectivity index (χ2v) is 5.74. The van der Waals surface area contributed by atoms with Crippen LogP contribution in [0.25, 0.3) is 44.6 Å². The zero-order valence-electron chi connectivity index (χ0n) is 12.9. The molecule has 0 unspecified atom stereocenters. The predicted molar refractivity (Wildman–Crippen MR) is 93.9 cm³/mol. The van der Waals surface area contributed by atoms with Gasteiger partial charge in [0.1, 0.15) is 11.4 Å². The Hall–Kier alpha value is -3.74. The largest absolute Gasteiger partial charge is 0.506 e. The third-order valence-electron chi connectivity index (χ3n) is 4.11. The van der Waals surface area contributed by atoms with Crippen molar-refractivity contribution in [1.82, 2.24) is 30.1 Å². The maximum absolute atomic E-state index is 9.64. The Morgan fingerprint density at radius 2 is 1.92 bits per heavy atom. The summed E-state index contributed by atoms with van der Waals surface area (Å²) in [6.07, 6.45) is 6.55. The number of nitrogens with one attached hydrogen (secondary N) is 2. The molecule has 0 aliphatic heterocycles. The maximum atomic E-state index is 9.64. The van der Waals surface area contributed by atoms with Gasteiger partial charge in [0.25, 0.3) is 0 Å². The number of aromatic nitrogens is 6. The minimum Gasteiger partial charge on any atom is -0.506 e. The fraction of sp³-hybridized carbons (Fsp3) is 0. The summed E-state index contributed by atoms with van der Waals surface area (Å²) in [7, 11) is 0. The van der Waals surface area contributed by atoms with Crippen LogP contribution >= 0.6 is 0 Å². The lowest BCUT2D eigenvalue weighted by atomic mass is 10.1. The minimum absolute atomic E-state index is 0.105. The third-order valence-corrected chi connectivity index (χ3v) is 4.11. The summed E-state index contributed by atoms with van der Waals surface area (Å²) in [5.74, 6) is 0.105. The SMILES string of the molecule is Oc1cncc(-c2cc3c(-c4cc5ncccc5[nH]4)n[nH]c3cn2)c1. The molecular weight excluding hydrogens is 316 g/mol. The molecule has 0 amide bonds. The second kappa shape index (κ2) is 5.13. The molecular formula is C18H12N6O. The molecule has 0 atom stereocenters. The van der Waals surface area contributed by atoms with Gasteiger partial charge in [-0.25, -0.2) is 0 Å². The lowest BCUT2D eigenvalue weighted by Gasteiger charge is -2.01. The lowest BCUT2D eigenvalue weighted by molar-refractivity contribution is 0.473. The Kier molecular flexibility index (Phi) is 2.81. The quantitative estimate of drug-likeness (QED) is 0.461. The second-order valence-electron chi connectivity index (χ2n) is 5.74. The molecule has 0 aliphatic rings. The molecule has 5 rings (SSSR count). The highest BCUT2D eigenvalue weighted by Crippen LogP contribution is 2.30. The van der Waals surface area contributed by atoms with E-state index in [1.807, 2.05) is 24.3 Å². The van der Waals surface area contributed by atoms with E-state index < -0.39 is 0 Å². The first kappa shape index (κ1) is 13.7. The molecule has 5 heterocycles. The van der Waals surface area contributed by atoms with Gasteiger partial charge >= 0.3 is 0 Å². The highest BCUT2D eigenvalue weighted by Gasteiger charge is 2.13. The fourth-order valence-electron chi connectivity index (χ4n) is 2.93. The van der Waals surface area contributed by atoms with E-state index in [1.54, 1.807) is 24.7 Å². The van der Waals surface area contributed by atoms with Crippen LogP contribution in [0.2, 0.25) is 0 Å². The smallest absolute Gasteiger partial charge is 0.134 e. The molecule has 5 aromatic heterocycles. The first-order valence-electron chi connectivity index (χ1n) is 7.70. The van der Waals surface area contributed by atoms with E-state index in [0.717, 1.165) is 38.9 Å². The summed E-state index contributed by atoms with van der Waals surface area (Å²) in [5, 5.41) is 18.0. The third kappa shape index (κ3) is 2.21. The van der Waals surface area contributed by atoms with Crippen molar-refractivity contribution in [3.63, 3.8) is 0 Å². The number of hydrogen-bond donors (Lipinski definition) is 3. The Morgan fingerprint density at radius 1 is 0.960 bits per heavy atom. The van der Waals surface area contributed by atoms with Crippen molar-refractivity contribution >= 4 is 21.9 Å². The van der Waals surface area contributed by atoms with Crippen molar-refractivity contribution in [2.75, 3.05) is 0 Å². The van der Waals surface area contributed by atoms with Gasteiger partial charge in [-0.15, -0.1) is 0 Å². The summed E-state index contributed by atoms with van der Waals surface area (Å²) in [6, 6.07) is 9.41. The monoisotopic (exact) mass is 328 g/mol. The molecule has 0 aliphatic carbocycles. The van der Waals surface area contributed by atoms with Crippen molar-refractivity contribution in [2.24, 2.45) is 0 Å². The average molecular weight is 328 g/mol. The lowest BCUT2D eigenvalue weighted by Crippen LogP contribution is -1.85. The molecule has 120 valence electrons. The first-order valence-corrected chi connectivity index (χ1v) is 7.70. The van der Waals surface area contributed by atoms with Crippen LogP contribution in [-0.2, 0) is 0 Å². The normalized spacial score (nSPS) is 11.4. The fourth-order valence-corrected chi connectivity index (χ4v) is 2.93. The summed E-state index contributed by atoms with van der Waals surface area (Å²) in [6.45, 7) is 0. The molecule has 3 N–H and O–H groups in total. The summed E-state index contributed by atoms with van der Waals surface area (Å²) in [5.41, 5.74) is 5.81. The van der Waals surface area contributed by atoms with Gasteiger partial charge in [-0.05, 0) is 30.3 Å². The molecule has 0 bridgehead atoms. The van der Waals surface area contributed by atoms with E-state index >= 15 is 0 Å². The van der Waals surface area contributed by atoms with Gasteiger partial charge in [0, 0.05) is 23.3 Å². The van der Waals surface area contributed by atoms with Crippen LogP contribution < -0.4 is 0 Å². The van der Waals surface area contributed by atoms with Crippen LogP contribution in [0.5, 0.6) is 5.75 Å². The molecule has 5 aromatic rings. The average Bonchev–Trinajstić information content (AvgIpc) is 3.24. The maximum Gasteiger partial charge on any atom is 0.134 e. The molecule has 0 spiro atoms. The van der Waals surface area contributed by atoms with Crippen molar-refractivity contribution in [3.8, 4) is 28.4 Å². The van der Waals surface area contributed by atoms with Crippen LogP contribution in [-0.4, -0.2) is 35.2 Å². The standard InChI is InChI=1S/C18H12N6O/c25-11-4-10(7-19-8-11)14-5-12-17(9-21-14)23-24-18(12)16-6-15-13(22-16)2-1-3-20-15/h1-9,22,25H,(H,23,24). The Balaban J connectivity index is 1.70. The number of hydrogen-bond acceptors (Lipinski definition) is 5. The van der Waals surface area contributed by atoms with Crippen molar-refractivity contribution in [2.45, 2.75) is 0 Å². The number of rotatable bonds is 2. The zero-order valence-corrected chi connectivity index (χ0v) is 12.9. The molecule has 25 heavy (non-hydrogen) atoms. The first-order chi connectivity index (χ1) is 12.3. The summed E-state index contributed by atoms with van der Waals surface area (Å²) in [4.78, 5) is 16.1. The number of pyridine rings is 3.